The fourth-order valence-electron chi connectivity index (χ4n) is 3.02. The molecule has 0 amide bonds. The van der Waals surface area contributed by atoms with Gasteiger partial charge in [0.05, 0.1) is 6.61 Å². The second-order valence-corrected chi connectivity index (χ2v) is 7.38. The molecule has 0 aliphatic rings. The Morgan fingerprint density at radius 3 is 2.16 bits per heavy atom. The van der Waals surface area contributed by atoms with Crippen LogP contribution in [0.15, 0.2) is 54.7 Å². The summed E-state index contributed by atoms with van der Waals surface area (Å²) >= 11 is 0. The van der Waals surface area contributed by atoms with E-state index in [0.717, 1.165) is 31.9 Å². The van der Waals surface area contributed by atoms with Crippen molar-refractivity contribution in [1.29, 1.82) is 0 Å². The Bertz CT molecular complexity index is 990. The van der Waals surface area contributed by atoms with Crippen molar-refractivity contribution in [2.75, 3.05) is 17.2 Å². The van der Waals surface area contributed by atoms with Crippen LogP contribution in [0.5, 0.6) is 5.75 Å². The van der Waals surface area contributed by atoms with Crippen LogP contribution in [0.25, 0.3) is 0 Å². The van der Waals surface area contributed by atoms with Gasteiger partial charge in [-0.1, -0.05) is 38.8 Å². The Balaban J connectivity index is 1.78. The number of rotatable bonds is 10. The van der Waals surface area contributed by atoms with E-state index in [1.54, 1.807) is 24.3 Å². The molecule has 3 rings (SSSR count). The molecule has 5 nitrogen and oxygen atoms in total. The first-order valence-electron chi connectivity index (χ1n) is 10.7. The summed E-state index contributed by atoms with van der Waals surface area (Å²) in [6, 6.07) is 14.4. The predicted octanol–water partition coefficient (Wildman–Crippen LogP) is 7.11. The Kier molecular flexibility index (Phi) is 7.92. The number of nitrogens with zero attached hydrogens (tertiary/aromatic N) is 2. The molecule has 1 aromatic heterocycles. The summed E-state index contributed by atoms with van der Waals surface area (Å²) in [5, 5.41) is 5.73. The molecule has 0 atom stereocenters. The second-order valence-electron chi connectivity index (χ2n) is 7.38. The summed E-state index contributed by atoms with van der Waals surface area (Å²) in [7, 11) is 0. The van der Waals surface area contributed by atoms with E-state index in [4.69, 9.17) is 4.74 Å². The first kappa shape index (κ1) is 23.4. The molecule has 0 unspecified atom stereocenters. The van der Waals surface area contributed by atoms with Gasteiger partial charge in [0.2, 0.25) is 5.95 Å². The third-order valence-corrected chi connectivity index (χ3v) is 4.73. The maximum absolute atomic E-state index is 13.5. The molecule has 0 spiro atoms. The van der Waals surface area contributed by atoms with Crippen LogP contribution in [-0.4, -0.2) is 16.6 Å². The van der Waals surface area contributed by atoms with Crippen molar-refractivity contribution in [1.82, 2.24) is 9.97 Å². The number of hydrogen-bond donors (Lipinski definition) is 2. The van der Waals surface area contributed by atoms with Gasteiger partial charge < -0.3 is 15.4 Å². The van der Waals surface area contributed by atoms with Crippen molar-refractivity contribution in [3.05, 3.63) is 65.9 Å². The molecule has 0 saturated heterocycles. The van der Waals surface area contributed by atoms with Gasteiger partial charge in [0.1, 0.15) is 17.1 Å². The number of ether oxygens (including phenoxy) is 1. The van der Waals surface area contributed by atoms with Crippen molar-refractivity contribution in [3.63, 3.8) is 0 Å². The largest absolute Gasteiger partial charge is 0.494 e. The lowest BCUT2D eigenvalue weighted by Gasteiger charge is -2.15. The van der Waals surface area contributed by atoms with Gasteiger partial charge in [-0.25, -0.2) is 4.98 Å². The first-order valence-corrected chi connectivity index (χ1v) is 10.7. The van der Waals surface area contributed by atoms with Crippen LogP contribution in [0.3, 0.4) is 0 Å². The van der Waals surface area contributed by atoms with Crippen molar-refractivity contribution in [2.45, 2.75) is 45.7 Å². The second kappa shape index (κ2) is 10.8. The molecule has 8 heteroatoms. The number of unbranched alkanes of at least 4 members (excludes halogenated alkanes) is 1. The minimum absolute atomic E-state index is 0.0725. The topological polar surface area (TPSA) is 59.1 Å². The number of alkyl halides is 3. The molecule has 0 aliphatic heterocycles. The van der Waals surface area contributed by atoms with Crippen LogP contribution < -0.4 is 15.4 Å². The Morgan fingerprint density at radius 1 is 0.875 bits per heavy atom. The fraction of sp³-hybridized carbons (Fsp3) is 0.333. The van der Waals surface area contributed by atoms with E-state index in [-0.39, 0.29) is 11.8 Å². The van der Waals surface area contributed by atoms with E-state index in [2.05, 4.69) is 34.4 Å². The summed E-state index contributed by atoms with van der Waals surface area (Å²) in [6.45, 7) is 4.77. The average molecular weight is 445 g/mol. The van der Waals surface area contributed by atoms with Crippen LogP contribution in [0.4, 0.5) is 36.3 Å². The van der Waals surface area contributed by atoms with Crippen molar-refractivity contribution >= 4 is 23.1 Å². The summed E-state index contributed by atoms with van der Waals surface area (Å²) in [4.78, 5) is 7.94. The average Bonchev–Trinajstić information content (AvgIpc) is 2.76. The SMILES string of the molecule is CCCCOc1ccc(Nc2nc(Nc3ccc(CCC)cc3)ncc2C(F)(F)F)cc1. The van der Waals surface area contributed by atoms with Crippen LogP contribution >= 0.6 is 0 Å². The predicted molar refractivity (Wildman–Crippen MR) is 121 cm³/mol. The zero-order valence-corrected chi connectivity index (χ0v) is 18.2. The Morgan fingerprint density at radius 2 is 1.53 bits per heavy atom. The number of aromatic nitrogens is 2. The molecule has 2 aromatic carbocycles. The summed E-state index contributed by atoms with van der Waals surface area (Å²) in [6.07, 6.45) is 0.153. The van der Waals surface area contributed by atoms with Crippen molar-refractivity contribution < 1.29 is 17.9 Å². The van der Waals surface area contributed by atoms with Crippen LogP contribution in [0.1, 0.15) is 44.2 Å². The normalized spacial score (nSPS) is 11.3. The number of nitrogens with one attached hydrogen (secondary N) is 2. The minimum Gasteiger partial charge on any atom is -0.494 e. The van der Waals surface area contributed by atoms with E-state index < -0.39 is 11.7 Å². The molecule has 0 saturated carbocycles. The molecule has 2 N–H and O–H groups in total. The van der Waals surface area contributed by atoms with Gasteiger partial charge >= 0.3 is 6.18 Å². The van der Waals surface area contributed by atoms with Crippen LogP contribution in [0.2, 0.25) is 0 Å². The van der Waals surface area contributed by atoms with E-state index in [1.165, 1.54) is 5.56 Å². The zero-order valence-electron chi connectivity index (χ0n) is 18.2. The van der Waals surface area contributed by atoms with Gasteiger partial charge in [-0.05, 0) is 54.8 Å². The summed E-state index contributed by atoms with van der Waals surface area (Å²) < 4.78 is 46.1. The highest BCUT2D eigenvalue weighted by Gasteiger charge is 2.35. The molecule has 32 heavy (non-hydrogen) atoms. The van der Waals surface area contributed by atoms with Gasteiger partial charge in [-0.3, -0.25) is 0 Å². The molecule has 3 aromatic rings. The number of halogens is 3. The van der Waals surface area contributed by atoms with Gasteiger partial charge in [-0.2, -0.15) is 18.2 Å². The van der Waals surface area contributed by atoms with Crippen LogP contribution in [-0.2, 0) is 12.6 Å². The third kappa shape index (κ3) is 6.60. The Hall–Kier alpha value is -3.29. The molecule has 0 bridgehead atoms. The van der Waals surface area contributed by atoms with Crippen molar-refractivity contribution in [3.8, 4) is 5.75 Å². The quantitative estimate of drug-likeness (QED) is 0.326. The molecule has 170 valence electrons. The maximum atomic E-state index is 13.5. The Labute approximate surface area is 186 Å². The number of aryl methyl sites for hydroxylation is 1. The minimum atomic E-state index is -4.59. The third-order valence-electron chi connectivity index (χ3n) is 4.73. The highest BCUT2D eigenvalue weighted by Crippen LogP contribution is 2.35. The van der Waals surface area contributed by atoms with Gasteiger partial charge in [0, 0.05) is 17.6 Å². The van der Waals surface area contributed by atoms with E-state index in [9.17, 15) is 13.2 Å². The number of benzene rings is 2. The van der Waals surface area contributed by atoms with E-state index >= 15 is 0 Å². The smallest absolute Gasteiger partial charge is 0.421 e. The molecule has 0 aliphatic carbocycles. The lowest BCUT2D eigenvalue weighted by molar-refractivity contribution is -0.137. The highest BCUT2D eigenvalue weighted by atomic mass is 19.4. The molecular weight excluding hydrogens is 417 g/mol. The first-order chi connectivity index (χ1) is 15.4. The maximum Gasteiger partial charge on any atom is 0.421 e. The fourth-order valence-corrected chi connectivity index (χ4v) is 3.02. The van der Waals surface area contributed by atoms with Gasteiger partial charge in [0.25, 0.3) is 0 Å². The molecule has 1 heterocycles. The van der Waals surface area contributed by atoms with E-state index in [1.807, 2.05) is 24.3 Å². The number of hydrogen-bond acceptors (Lipinski definition) is 5. The standard InChI is InChI=1S/C24H27F3N4O/c1-3-5-15-32-20-13-11-18(12-14-20)29-22-21(24(25,26)27)16-28-23(31-22)30-19-9-7-17(6-4-2)8-10-19/h7-14,16H,3-6,15H2,1-2H3,(H2,28,29,30,31). The van der Waals surface area contributed by atoms with Gasteiger partial charge in [0.15, 0.2) is 0 Å². The summed E-state index contributed by atoms with van der Waals surface area (Å²) in [5.41, 5.74) is 1.41. The number of anilines is 4. The molecule has 0 radical (unpaired) electrons. The summed E-state index contributed by atoms with van der Waals surface area (Å²) in [5.74, 6) is 0.414. The monoisotopic (exact) mass is 444 g/mol. The van der Waals surface area contributed by atoms with Crippen molar-refractivity contribution in [2.24, 2.45) is 0 Å². The zero-order chi connectivity index (χ0) is 23.0. The van der Waals surface area contributed by atoms with Crippen LogP contribution in [0, 0.1) is 0 Å². The lowest BCUT2D eigenvalue weighted by Crippen LogP contribution is -2.12. The van der Waals surface area contributed by atoms with Gasteiger partial charge in [-0.15, -0.1) is 0 Å². The molecular formula is C24H27F3N4O. The highest BCUT2D eigenvalue weighted by molar-refractivity contribution is 5.63. The lowest BCUT2D eigenvalue weighted by atomic mass is 10.1. The molecule has 0 fully saturated rings. The van der Waals surface area contributed by atoms with E-state index in [0.29, 0.717) is 23.7 Å².